The number of carboxylic acids is 1. The minimum atomic E-state index is -1.62. The van der Waals surface area contributed by atoms with Gasteiger partial charge in [0, 0.05) is 12.1 Å². The van der Waals surface area contributed by atoms with Crippen molar-refractivity contribution in [2.75, 3.05) is 0 Å². The van der Waals surface area contributed by atoms with Crippen molar-refractivity contribution in [3.8, 4) is 0 Å². The standard InChI is InChI=1S/C13H14F3NO3/c1-3-13(4-2,12(19)20)17-11(18)10-8(15)5-7(14)6-9(10)16/h5-6H,3-4H2,1-2H3,(H,17,18)(H,19,20). The van der Waals surface area contributed by atoms with E-state index in [1.807, 2.05) is 0 Å². The third kappa shape index (κ3) is 2.92. The van der Waals surface area contributed by atoms with Crippen molar-refractivity contribution in [2.24, 2.45) is 0 Å². The zero-order chi connectivity index (χ0) is 15.5. The van der Waals surface area contributed by atoms with Gasteiger partial charge in [-0.1, -0.05) is 13.8 Å². The fourth-order valence-corrected chi connectivity index (χ4v) is 1.82. The van der Waals surface area contributed by atoms with Crippen LogP contribution in [-0.4, -0.2) is 22.5 Å². The van der Waals surface area contributed by atoms with Crippen LogP contribution in [0.2, 0.25) is 0 Å². The molecule has 0 aliphatic carbocycles. The van der Waals surface area contributed by atoms with Gasteiger partial charge >= 0.3 is 5.97 Å². The van der Waals surface area contributed by atoms with E-state index in [9.17, 15) is 22.8 Å². The molecule has 4 nitrogen and oxygen atoms in total. The van der Waals surface area contributed by atoms with Crippen molar-refractivity contribution in [1.82, 2.24) is 5.32 Å². The fraction of sp³-hybridized carbons (Fsp3) is 0.385. The number of halogens is 3. The Balaban J connectivity index is 3.17. The lowest BCUT2D eigenvalue weighted by molar-refractivity contribution is -0.144. The van der Waals surface area contributed by atoms with Gasteiger partial charge < -0.3 is 10.4 Å². The molecule has 0 aromatic heterocycles. The fourth-order valence-electron chi connectivity index (χ4n) is 1.82. The van der Waals surface area contributed by atoms with Crippen molar-refractivity contribution < 1.29 is 27.9 Å². The highest BCUT2D eigenvalue weighted by Crippen LogP contribution is 2.19. The van der Waals surface area contributed by atoms with Crippen molar-refractivity contribution >= 4 is 11.9 Å². The monoisotopic (exact) mass is 289 g/mol. The quantitative estimate of drug-likeness (QED) is 0.875. The van der Waals surface area contributed by atoms with Crippen LogP contribution < -0.4 is 5.32 Å². The molecule has 0 aliphatic heterocycles. The van der Waals surface area contributed by atoms with Crippen LogP contribution in [0.25, 0.3) is 0 Å². The van der Waals surface area contributed by atoms with Gasteiger partial charge in [-0.15, -0.1) is 0 Å². The normalized spacial score (nSPS) is 11.2. The van der Waals surface area contributed by atoms with E-state index < -0.39 is 40.4 Å². The molecule has 1 amide bonds. The number of carboxylic acid groups (broad SMARTS) is 1. The molecule has 0 spiro atoms. The lowest BCUT2D eigenvalue weighted by atomic mass is 9.92. The summed E-state index contributed by atoms with van der Waals surface area (Å²) in [6, 6.07) is 0.719. The first-order valence-electron chi connectivity index (χ1n) is 5.97. The molecule has 20 heavy (non-hydrogen) atoms. The van der Waals surface area contributed by atoms with E-state index in [4.69, 9.17) is 5.11 Å². The first kappa shape index (κ1) is 16.0. The Hall–Kier alpha value is -2.05. The summed E-state index contributed by atoms with van der Waals surface area (Å²) >= 11 is 0. The van der Waals surface area contributed by atoms with Crippen LogP contribution in [0.4, 0.5) is 13.2 Å². The van der Waals surface area contributed by atoms with Crippen molar-refractivity contribution in [3.63, 3.8) is 0 Å². The van der Waals surface area contributed by atoms with E-state index in [0.717, 1.165) is 0 Å². The van der Waals surface area contributed by atoms with Gasteiger partial charge in [-0.3, -0.25) is 4.79 Å². The Morgan fingerprint density at radius 2 is 1.60 bits per heavy atom. The van der Waals surface area contributed by atoms with Gasteiger partial charge in [-0.05, 0) is 12.8 Å². The molecular formula is C13H14F3NO3. The first-order valence-corrected chi connectivity index (χ1v) is 5.97. The lowest BCUT2D eigenvalue weighted by Gasteiger charge is -2.28. The maximum atomic E-state index is 13.5. The molecule has 0 radical (unpaired) electrons. The number of carbonyl (C=O) groups excluding carboxylic acids is 1. The van der Waals surface area contributed by atoms with E-state index in [2.05, 4.69) is 5.32 Å². The maximum Gasteiger partial charge on any atom is 0.329 e. The summed E-state index contributed by atoms with van der Waals surface area (Å²) in [5.74, 6) is -6.46. The van der Waals surface area contributed by atoms with Crippen LogP contribution in [0.1, 0.15) is 37.0 Å². The van der Waals surface area contributed by atoms with Crippen LogP contribution >= 0.6 is 0 Å². The van der Waals surface area contributed by atoms with E-state index in [1.54, 1.807) is 0 Å². The summed E-state index contributed by atoms with van der Waals surface area (Å²) in [5.41, 5.74) is -2.62. The summed E-state index contributed by atoms with van der Waals surface area (Å²) < 4.78 is 39.7. The third-order valence-corrected chi connectivity index (χ3v) is 3.20. The first-order chi connectivity index (χ1) is 9.27. The topological polar surface area (TPSA) is 66.4 Å². The highest BCUT2D eigenvalue weighted by Gasteiger charge is 2.37. The van der Waals surface area contributed by atoms with Gasteiger partial charge in [-0.2, -0.15) is 0 Å². The van der Waals surface area contributed by atoms with E-state index in [0.29, 0.717) is 12.1 Å². The largest absolute Gasteiger partial charge is 0.480 e. The third-order valence-electron chi connectivity index (χ3n) is 3.20. The number of hydrogen-bond acceptors (Lipinski definition) is 2. The molecule has 0 heterocycles. The highest BCUT2D eigenvalue weighted by atomic mass is 19.1. The predicted octanol–water partition coefficient (Wildman–Crippen LogP) is 2.48. The van der Waals surface area contributed by atoms with Gasteiger partial charge in [0.05, 0.1) is 0 Å². The van der Waals surface area contributed by atoms with Gasteiger partial charge in [-0.25, -0.2) is 18.0 Å². The van der Waals surface area contributed by atoms with Crippen LogP contribution in [0, 0.1) is 17.5 Å². The summed E-state index contributed by atoms with van der Waals surface area (Å²) in [6.45, 7) is 3.05. The Labute approximate surface area is 113 Å². The number of benzene rings is 1. The highest BCUT2D eigenvalue weighted by molar-refractivity contribution is 5.98. The van der Waals surface area contributed by atoms with Crippen molar-refractivity contribution in [1.29, 1.82) is 0 Å². The molecule has 1 aromatic carbocycles. The van der Waals surface area contributed by atoms with Crippen LogP contribution in [0.15, 0.2) is 12.1 Å². The minimum absolute atomic E-state index is 0.0367. The molecule has 1 rings (SSSR count). The Morgan fingerprint density at radius 3 is 1.95 bits per heavy atom. The molecule has 110 valence electrons. The molecule has 0 aliphatic rings. The van der Waals surface area contributed by atoms with Crippen LogP contribution in [0.5, 0.6) is 0 Å². The zero-order valence-corrected chi connectivity index (χ0v) is 11.0. The van der Waals surface area contributed by atoms with Gasteiger partial charge in [0.25, 0.3) is 5.91 Å². The predicted molar refractivity (Wildman–Crippen MR) is 64.7 cm³/mol. The average Bonchev–Trinajstić information content (AvgIpc) is 2.34. The van der Waals surface area contributed by atoms with Gasteiger partial charge in [0.15, 0.2) is 0 Å². The molecule has 1 aromatic rings. The summed E-state index contributed by atoms with van der Waals surface area (Å²) in [7, 11) is 0. The van der Waals surface area contributed by atoms with Gasteiger partial charge in [0.1, 0.15) is 28.6 Å². The minimum Gasteiger partial charge on any atom is -0.480 e. The van der Waals surface area contributed by atoms with Crippen molar-refractivity contribution in [2.45, 2.75) is 32.2 Å². The van der Waals surface area contributed by atoms with E-state index in [-0.39, 0.29) is 12.8 Å². The smallest absolute Gasteiger partial charge is 0.329 e. The lowest BCUT2D eigenvalue weighted by Crippen LogP contribution is -2.54. The molecule has 0 fully saturated rings. The SMILES string of the molecule is CCC(CC)(NC(=O)c1c(F)cc(F)cc1F)C(=O)O. The summed E-state index contributed by atoms with van der Waals surface area (Å²) in [6.07, 6.45) is 0.0734. The molecule has 0 unspecified atom stereocenters. The number of nitrogens with one attached hydrogen (secondary N) is 1. The second-order valence-corrected chi connectivity index (χ2v) is 4.29. The molecule has 2 N–H and O–H groups in total. The average molecular weight is 289 g/mol. The van der Waals surface area contributed by atoms with Crippen LogP contribution in [0.3, 0.4) is 0 Å². The second kappa shape index (κ2) is 5.94. The number of carbonyl (C=O) groups is 2. The Kier molecular flexibility index (Phi) is 4.75. The molecule has 0 bridgehead atoms. The Morgan fingerprint density at radius 1 is 1.15 bits per heavy atom. The number of amides is 1. The molecule has 0 atom stereocenters. The van der Waals surface area contributed by atoms with E-state index in [1.165, 1.54) is 13.8 Å². The van der Waals surface area contributed by atoms with Crippen molar-refractivity contribution in [3.05, 3.63) is 35.1 Å². The van der Waals surface area contributed by atoms with Crippen LogP contribution in [-0.2, 0) is 4.79 Å². The number of aliphatic carboxylic acids is 1. The molecule has 0 saturated carbocycles. The molecular weight excluding hydrogens is 275 g/mol. The molecule has 7 heteroatoms. The number of rotatable bonds is 5. The summed E-state index contributed by atoms with van der Waals surface area (Å²) in [5, 5.41) is 11.2. The Bertz CT molecular complexity index is 519. The van der Waals surface area contributed by atoms with E-state index >= 15 is 0 Å². The maximum absolute atomic E-state index is 13.5. The second-order valence-electron chi connectivity index (χ2n) is 4.29. The van der Waals surface area contributed by atoms with Gasteiger partial charge in [0.2, 0.25) is 0 Å². The molecule has 0 saturated heterocycles. The number of hydrogen-bond donors (Lipinski definition) is 2. The zero-order valence-electron chi connectivity index (χ0n) is 11.0. The summed E-state index contributed by atoms with van der Waals surface area (Å²) in [4.78, 5) is 23.1.